The van der Waals surface area contributed by atoms with Crippen LogP contribution < -0.4 is 9.47 Å². The second-order valence-corrected chi connectivity index (χ2v) is 11.3. The molecule has 2 aliphatic heterocycles. The molecule has 218 valence electrons. The van der Waals surface area contributed by atoms with Gasteiger partial charge in [-0.25, -0.2) is 4.68 Å². The summed E-state index contributed by atoms with van der Waals surface area (Å²) in [5, 5.41) is 9.52. The maximum Gasteiger partial charge on any atom is 0.275 e. The first-order valence-corrected chi connectivity index (χ1v) is 14.0. The van der Waals surface area contributed by atoms with E-state index in [1.54, 1.807) is 7.11 Å². The second-order valence-electron chi connectivity index (χ2n) is 11.3. The Morgan fingerprint density at radius 1 is 1.22 bits per heavy atom. The van der Waals surface area contributed by atoms with Crippen molar-refractivity contribution in [2.24, 2.45) is 0 Å². The minimum Gasteiger partial charge on any atom is -0.496 e. The number of benzene rings is 1. The molecule has 10 nitrogen and oxygen atoms in total. The molecule has 0 atom stereocenters. The lowest BCUT2D eigenvalue weighted by Crippen LogP contribution is -2.55. The highest BCUT2D eigenvalue weighted by Gasteiger charge is 2.39. The van der Waals surface area contributed by atoms with E-state index in [-0.39, 0.29) is 12.5 Å². The molecule has 2 aliphatic rings. The Bertz CT molecular complexity index is 1500. The molecule has 0 radical (unpaired) electrons. The zero-order chi connectivity index (χ0) is 29.3. The quantitative estimate of drug-likeness (QED) is 0.373. The zero-order valence-corrected chi connectivity index (χ0v) is 25.1. The highest BCUT2D eigenvalue weighted by Crippen LogP contribution is 2.46. The van der Waals surface area contributed by atoms with E-state index in [1.165, 1.54) is 0 Å². The molecular weight excluding hydrogens is 520 g/mol. The van der Waals surface area contributed by atoms with Crippen LogP contribution in [0.25, 0.3) is 28.1 Å². The molecule has 0 N–H and O–H groups in total. The lowest BCUT2D eigenvalue weighted by atomic mass is 9.96. The van der Waals surface area contributed by atoms with Crippen LogP contribution in [0.2, 0.25) is 0 Å². The molecule has 0 saturated carbocycles. The molecule has 41 heavy (non-hydrogen) atoms. The number of morpholine rings is 1. The third-order valence-corrected chi connectivity index (χ3v) is 7.60. The molecule has 4 heterocycles. The van der Waals surface area contributed by atoms with Crippen LogP contribution >= 0.6 is 0 Å². The third kappa shape index (κ3) is 5.41. The van der Waals surface area contributed by atoms with Gasteiger partial charge in [-0.2, -0.15) is 10.2 Å². The summed E-state index contributed by atoms with van der Waals surface area (Å²) in [6.07, 6.45) is 9.84. The number of carbonyl (C=O) groups excluding carboxylic acids is 1. The highest BCUT2D eigenvalue weighted by atomic mass is 16.5. The summed E-state index contributed by atoms with van der Waals surface area (Å²) in [4.78, 5) is 18.0. The largest absolute Gasteiger partial charge is 0.496 e. The van der Waals surface area contributed by atoms with E-state index in [0.717, 1.165) is 46.7 Å². The first-order chi connectivity index (χ1) is 19.7. The summed E-state index contributed by atoms with van der Waals surface area (Å²) < 4.78 is 21.6. The number of methoxy groups -OCH3 is 1. The molecule has 1 aromatic carbocycles. The van der Waals surface area contributed by atoms with Crippen molar-refractivity contribution in [3.63, 3.8) is 0 Å². The van der Waals surface area contributed by atoms with Gasteiger partial charge in [0.05, 0.1) is 50.0 Å². The topological polar surface area (TPSA) is 86.9 Å². The van der Waals surface area contributed by atoms with Crippen LogP contribution in [0.4, 0.5) is 0 Å². The number of carbonyl (C=O) groups is 1. The Hall–Kier alpha value is -3.89. The Morgan fingerprint density at radius 3 is 2.71 bits per heavy atom. The lowest BCUT2D eigenvalue weighted by molar-refractivity contribution is -0.0374. The summed E-state index contributed by atoms with van der Waals surface area (Å²) in [7, 11) is 5.75. The van der Waals surface area contributed by atoms with Crippen LogP contribution in [0.5, 0.6) is 11.5 Å². The standard InChI is InChI=1S/C31H40N6O4/c1-8-10-22(9-2)37-29-24-15-23(21-17-32-35(18-21)12-11-34(5)6)26(39-7)16-27(24)41-19-25(29)28(33-37)30(38)36-13-14-40-20-31(36,3)4/h8-10,15-18H,11-14,19-20H2,1-7H3/b10-8-,22-9+. The normalized spacial score (nSPS) is 16.6. The van der Waals surface area contributed by atoms with Crippen molar-refractivity contribution < 1.29 is 19.0 Å². The van der Waals surface area contributed by atoms with Crippen molar-refractivity contribution in [2.45, 2.75) is 46.4 Å². The van der Waals surface area contributed by atoms with Crippen molar-refractivity contribution >= 4 is 11.6 Å². The van der Waals surface area contributed by atoms with Gasteiger partial charge in [0.2, 0.25) is 0 Å². The van der Waals surface area contributed by atoms with Gasteiger partial charge in [-0.05, 0) is 53.9 Å². The molecular formula is C31H40N6O4. The van der Waals surface area contributed by atoms with Crippen molar-refractivity contribution in [1.82, 2.24) is 29.4 Å². The average Bonchev–Trinajstić information content (AvgIpc) is 3.59. The average molecular weight is 561 g/mol. The number of fused-ring (bicyclic) bond motifs is 3. The first-order valence-electron chi connectivity index (χ1n) is 14.0. The smallest absolute Gasteiger partial charge is 0.275 e. The lowest BCUT2D eigenvalue weighted by Gasteiger charge is -2.41. The van der Waals surface area contributed by atoms with Gasteiger partial charge in [0.15, 0.2) is 5.69 Å². The van der Waals surface area contributed by atoms with E-state index in [2.05, 4.69) is 16.1 Å². The molecule has 10 heteroatoms. The summed E-state index contributed by atoms with van der Waals surface area (Å²) in [6.45, 7) is 11.4. The van der Waals surface area contributed by atoms with Crippen molar-refractivity contribution in [2.75, 3.05) is 47.5 Å². The van der Waals surface area contributed by atoms with Crippen molar-refractivity contribution in [3.05, 3.63) is 54.0 Å². The van der Waals surface area contributed by atoms with Crippen LogP contribution in [-0.4, -0.2) is 88.3 Å². The zero-order valence-electron chi connectivity index (χ0n) is 25.1. The fourth-order valence-electron chi connectivity index (χ4n) is 5.38. The predicted octanol–water partition coefficient (Wildman–Crippen LogP) is 4.56. The van der Waals surface area contributed by atoms with Crippen molar-refractivity contribution in [1.29, 1.82) is 0 Å². The van der Waals surface area contributed by atoms with Gasteiger partial charge in [0.25, 0.3) is 5.91 Å². The highest BCUT2D eigenvalue weighted by molar-refractivity contribution is 5.98. The summed E-state index contributed by atoms with van der Waals surface area (Å²) in [5.74, 6) is 1.25. The maximum atomic E-state index is 14.0. The molecule has 3 aromatic rings. The minimum absolute atomic E-state index is 0.118. The van der Waals surface area contributed by atoms with Crippen molar-refractivity contribution in [3.8, 4) is 33.9 Å². The van der Waals surface area contributed by atoms with Crippen LogP contribution in [0.15, 0.2) is 42.8 Å². The minimum atomic E-state index is -0.445. The second kappa shape index (κ2) is 11.5. The number of amides is 1. The summed E-state index contributed by atoms with van der Waals surface area (Å²) in [6, 6.07) is 3.98. The number of likely N-dealkylation sites (N-methyl/N-ethyl adjacent to an activating group) is 1. The predicted molar refractivity (Wildman–Crippen MR) is 159 cm³/mol. The van der Waals surface area contributed by atoms with Gasteiger partial charge in [-0.1, -0.05) is 12.2 Å². The van der Waals surface area contributed by atoms with Crippen LogP contribution in [0, 0.1) is 0 Å². The Kier molecular flexibility index (Phi) is 8.06. The van der Waals surface area contributed by atoms with E-state index >= 15 is 0 Å². The molecule has 1 fully saturated rings. The van der Waals surface area contributed by atoms with Crippen LogP contribution in [-0.2, 0) is 17.9 Å². The maximum absolute atomic E-state index is 14.0. The molecule has 0 bridgehead atoms. The van der Waals surface area contributed by atoms with E-state index in [9.17, 15) is 4.79 Å². The molecule has 0 spiro atoms. The number of ether oxygens (including phenoxy) is 3. The van der Waals surface area contributed by atoms with Gasteiger partial charge in [0, 0.05) is 47.6 Å². The molecule has 1 amide bonds. The number of rotatable bonds is 8. The fraction of sp³-hybridized carbons (Fsp3) is 0.452. The third-order valence-electron chi connectivity index (χ3n) is 7.60. The van der Waals surface area contributed by atoms with Gasteiger partial charge in [0.1, 0.15) is 18.1 Å². The first kappa shape index (κ1) is 28.6. The number of hydrogen-bond donors (Lipinski definition) is 0. The van der Waals surface area contributed by atoms with Crippen LogP contribution in [0.3, 0.4) is 0 Å². The molecule has 0 unspecified atom stereocenters. The Balaban J connectivity index is 1.66. The van der Waals surface area contributed by atoms with Gasteiger partial charge < -0.3 is 24.0 Å². The molecule has 5 rings (SSSR count). The number of aromatic nitrogens is 4. The summed E-state index contributed by atoms with van der Waals surface area (Å²) >= 11 is 0. The number of allylic oxidation sites excluding steroid dienone is 4. The molecule has 0 aliphatic carbocycles. The van der Waals surface area contributed by atoms with E-state index < -0.39 is 5.54 Å². The SMILES string of the molecule is C/C=C\C(=C/C)n1nc(C(=O)N2CCOCC2(C)C)c2c1-c1cc(-c3cnn(CCN(C)C)c3)c(OC)cc1OC2. The number of hydrogen-bond acceptors (Lipinski definition) is 7. The van der Waals surface area contributed by atoms with Gasteiger partial charge in [-0.15, -0.1) is 0 Å². The Morgan fingerprint density at radius 2 is 2.02 bits per heavy atom. The number of nitrogens with zero attached hydrogens (tertiary/aromatic N) is 6. The van der Waals surface area contributed by atoms with E-state index in [4.69, 9.17) is 19.3 Å². The molecule has 2 aromatic heterocycles. The fourth-order valence-corrected chi connectivity index (χ4v) is 5.38. The van der Waals surface area contributed by atoms with E-state index in [1.807, 2.05) is 92.7 Å². The Labute approximate surface area is 241 Å². The van der Waals surface area contributed by atoms with Crippen LogP contribution in [0.1, 0.15) is 43.7 Å². The molecule has 1 saturated heterocycles. The van der Waals surface area contributed by atoms with Gasteiger partial charge in [-0.3, -0.25) is 9.48 Å². The monoisotopic (exact) mass is 560 g/mol. The van der Waals surface area contributed by atoms with E-state index in [0.29, 0.717) is 37.0 Å². The van der Waals surface area contributed by atoms with Gasteiger partial charge >= 0.3 is 0 Å². The summed E-state index contributed by atoms with van der Waals surface area (Å²) in [5.41, 5.74) is 5.11.